The summed E-state index contributed by atoms with van der Waals surface area (Å²) < 4.78 is 24.9. The molecule has 0 aliphatic rings. The van der Waals surface area contributed by atoms with Crippen molar-refractivity contribution in [2.24, 2.45) is 0 Å². The molecule has 6 nitrogen and oxygen atoms in total. The van der Waals surface area contributed by atoms with Crippen LogP contribution in [0.25, 0.3) is 0 Å². The first kappa shape index (κ1) is 20.2. The van der Waals surface area contributed by atoms with Gasteiger partial charge in [-0.05, 0) is 42.3 Å². The fourth-order valence-corrected chi connectivity index (χ4v) is 2.41. The van der Waals surface area contributed by atoms with Crippen molar-refractivity contribution in [3.63, 3.8) is 0 Å². The topological polar surface area (TPSA) is 76.7 Å². The molecule has 0 aliphatic heterocycles. The summed E-state index contributed by atoms with van der Waals surface area (Å²) in [6.07, 6.45) is 0.879. The van der Waals surface area contributed by atoms with E-state index in [0.29, 0.717) is 23.8 Å². The van der Waals surface area contributed by atoms with Crippen LogP contribution in [0.2, 0.25) is 0 Å². The van der Waals surface area contributed by atoms with Gasteiger partial charge < -0.3 is 20.1 Å². The molecule has 144 valence electrons. The normalized spacial score (nSPS) is 10.2. The van der Waals surface area contributed by atoms with Crippen LogP contribution in [0.4, 0.5) is 10.1 Å². The molecule has 0 saturated carbocycles. The van der Waals surface area contributed by atoms with Crippen molar-refractivity contribution in [2.75, 3.05) is 19.0 Å². The molecule has 2 aromatic carbocycles. The van der Waals surface area contributed by atoms with Gasteiger partial charge in [-0.15, -0.1) is 0 Å². The lowest BCUT2D eigenvalue weighted by Crippen LogP contribution is -2.24. The number of nitrogens with one attached hydrogen (secondary N) is 2. The van der Waals surface area contributed by atoms with Crippen molar-refractivity contribution in [2.45, 2.75) is 26.8 Å². The van der Waals surface area contributed by atoms with E-state index >= 15 is 0 Å². The number of hydrogen-bond acceptors (Lipinski definition) is 4. The Kier molecular flexibility index (Phi) is 7.16. The molecule has 0 aromatic heterocycles. The number of halogens is 1. The molecule has 2 rings (SSSR count). The van der Waals surface area contributed by atoms with Crippen molar-refractivity contribution in [3.8, 4) is 11.5 Å². The average Bonchev–Trinajstić information content (AvgIpc) is 2.65. The van der Waals surface area contributed by atoms with Gasteiger partial charge >= 0.3 is 0 Å². The standard InChI is InChI=1S/C20H23FN2O4/c1-4-9-27-18-8-5-14(10-19(18)26-3)12-22-20(25)16-11-15(23-13(2)24)6-7-17(16)21/h5-8,10-11H,4,9,12H2,1-3H3,(H,22,25)(H,23,24). The number of methoxy groups -OCH3 is 1. The Morgan fingerprint density at radius 1 is 1.11 bits per heavy atom. The summed E-state index contributed by atoms with van der Waals surface area (Å²) in [4.78, 5) is 23.4. The summed E-state index contributed by atoms with van der Waals surface area (Å²) in [5.74, 6) is -0.351. The summed E-state index contributed by atoms with van der Waals surface area (Å²) in [7, 11) is 1.54. The van der Waals surface area contributed by atoms with Gasteiger partial charge in [0.1, 0.15) is 5.82 Å². The van der Waals surface area contributed by atoms with Crippen LogP contribution >= 0.6 is 0 Å². The molecular weight excluding hydrogens is 351 g/mol. The minimum absolute atomic E-state index is 0.142. The summed E-state index contributed by atoms with van der Waals surface area (Å²) in [5, 5.41) is 5.19. The zero-order valence-electron chi connectivity index (χ0n) is 15.6. The molecule has 2 N–H and O–H groups in total. The van der Waals surface area contributed by atoms with E-state index in [-0.39, 0.29) is 18.0 Å². The molecule has 0 saturated heterocycles. The van der Waals surface area contributed by atoms with Gasteiger partial charge in [-0.2, -0.15) is 0 Å². The molecule has 2 amide bonds. The highest BCUT2D eigenvalue weighted by atomic mass is 19.1. The predicted molar refractivity (Wildman–Crippen MR) is 101 cm³/mol. The predicted octanol–water partition coefficient (Wildman–Crippen LogP) is 3.51. The fraction of sp³-hybridized carbons (Fsp3) is 0.300. The molecule has 0 atom stereocenters. The SMILES string of the molecule is CCCOc1ccc(CNC(=O)c2cc(NC(C)=O)ccc2F)cc1OC. The second-order valence-corrected chi connectivity index (χ2v) is 5.89. The molecule has 0 spiro atoms. The lowest BCUT2D eigenvalue weighted by Gasteiger charge is -2.12. The summed E-state index contributed by atoms with van der Waals surface area (Å²) in [6, 6.07) is 9.17. The highest BCUT2D eigenvalue weighted by Gasteiger charge is 2.13. The minimum Gasteiger partial charge on any atom is -0.493 e. The van der Waals surface area contributed by atoms with Crippen LogP contribution in [0.3, 0.4) is 0 Å². The van der Waals surface area contributed by atoms with Crippen molar-refractivity contribution in [1.29, 1.82) is 0 Å². The van der Waals surface area contributed by atoms with Crippen LogP contribution < -0.4 is 20.1 Å². The molecule has 27 heavy (non-hydrogen) atoms. The fourth-order valence-electron chi connectivity index (χ4n) is 2.41. The molecule has 0 aliphatic carbocycles. The van der Waals surface area contributed by atoms with Gasteiger partial charge in [0.2, 0.25) is 5.91 Å². The first-order valence-electron chi connectivity index (χ1n) is 8.59. The summed E-state index contributed by atoms with van der Waals surface area (Å²) in [6.45, 7) is 4.12. The Balaban J connectivity index is 2.08. The van der Waals surface area contributed by atoms with Crippen LogP contribution in [0, 0.1) is 5.82 Å². The van der Waals surface area contributed by atoms with E-state index in [2.05, 4.69) is 10.6 Å². The maximum Gasteiger partial charge on any atom is 0.254 e. The molecule has 0 radical (unpaired) electrons. The number of hydrogen-bond donors (Lipinski definition) is 2. The Labute approximate surface area is 157 Å². The molecule has 7 heteroatoms. The van der Waals surface area contributed by atoms with E-state index in [1.54, 1.807) is 25.3 Å². The lowest BCUT2D eigenvalue weighted by atomic mass is 10.1. The first-order valence-corrected chi connectivity index (χ1v) is 8.59. The molecule has 0 fully saturated rings. The highest BCUT2D eigenvalue weighted by molar-refractivity contribution is 5.97. The van der Waals surface area contributed by atoms with E-state index in [9.17, 15) is 14.0 Å². The molecular formula is C20H23FN2O4. The van der Waals surface area contributed by atoms with Gasteiger partial charge in [0.15, 0.2) is 11.5 Å². The number of carbonyl (C=O) groups is 2. The van der Waals surface area contributed by atoms with Crippen LogP contribution in [-0.2, 0) is 11.3 Å². The average molecular weight is 374 g/mol. The van der Waals surface area contributed by atoms with Gasteiger partial charge in [0.25, 0.3) is 5.91 Å². The Morgan fingerprint density at radius 2 is 1.89 bits per heavy atom. The van der Waals surface area contributed by atoms with Crippen LogP contribution in [0.5, 0.6) is 11.5 Å². The van der Waals surface area contributed by atoms with Gasteiger partial charge in [0, 0.05) is 19.2 Å². The summed E-state index contributed by atoms with van der Waals surface area (Å²) in [5.41, 5.74) is 0.992. The first-order chi connectivity index (χ1) is 12.9. The van der Waals surface area contributed by atoms with E-state index < -0.39 is 11.7 Å². The van der Waals surface area contributed by atoms with Gasteiger partial charge in [-0.1, -0.05) is 13.0 Å². The van der Waals surface area contributed by atoms with Gasteiger partial charge in [0.05, 0.1) is 19.3 Å². The molecule has 0 bridgehead atoms. The van der Waals surface area contributed by atoms with Crippen molar-refractivity contribution in [1.82, 2.24) is 5.32 Å². The second kappa shape index (κ2) is 9.56. The number of carbonyl (C=O) groups excluding carboxylic acids is 2. The van der Waals surface area contributed by atoms with E-state index in [1.807, 2.05) is 6.92 Å². The zero-order chi connectivity index (χ0) is 19.8. The number of ether oxygens (including phenoxy) is 2. The maximum absolute atomic E-state index is 14.0. The summed E-state index contributed by atoms with van der Waals surface area (Å²) >= 11 is 0. The number of benzene rings is 2. The number of anilines is 1. The molecule has 2 aromatic rings. The van der Waals surface area contributed by atoms with Gasteiger partial charge in [-0.3, -0.25) is 9.59 Å². The third kappa shape index (κ3) is 5.70. The largest absolute Gasteiger partial charge is 0.493 e. The van der Waals surface area contributed by atoms with Crippen molar-refractivity contribution in [3.05, 3.63) is 53.3 Å². The van der Waals surface area contributed by atoms with Crippen LogP contribution in [0.15, 0.2) is 36.4 Å². The molecule has 0 heterocycles. The number of rotatable bonds is 8. The lowest BCUT2D eigenvalue weighted by molar-refractivity contribution is -0.114. The smallest absolute Gasteiger partial charge is 0.254 e. The van der Waals surface area contributed by atoms with E-state index in [1.165, 1.54) is 19.1 Å². The van der Waals surface area contributed by atoms with E-state index in [0.717, 1.165) is 18.1 Å². The van der Waals surface area contributed by atoms with Gasteiger partial charge in [-0.25, -0.2) is 4.39 Å². The highest BCUT2D eigenvalue weighted by Crippen LogP contribution is 2.28. The monoisotopic (exact) mass is 374 g/mol. The maximum atomic E-state index is 14.0. The van der Waals surface area contributed by atoms with Crippen molar-refractivity contribution >= 4 is 17.5 Å². The van der Waals surface area contributed by atoms with Crippen LogP contribution in [0.1, 0.15) is 36.2 Å². The third-order valence-electron chi connectivity index (χ3n) is 3.67. The second-order valence-electron chi connectivity index (χ2n) is 5.89. The number of amides is 2. The van der Waals surface area contributed by atoms with Crippen LogP contribution in [-0.4, -0.2) is 25.5 Å². The van der Waals surface area contributed by atoms with E-state index in [4.69, 9.17) is 9.47 Å². The quantitative estimate of drug-likeness (QED) is 0.741. The minimum atomic E-state index is -0.664. The Bertz CT molecular complexity index is 824. The molecule has 0 unspecified atom stereocenters. The van der Waals surface area contributed by atoms with Crippen molar-refractivity contribution < 1.29 is 23.5 Å². The third-order valence-corrected chi connectivity index (χ3v) is 3.67. The Morgan fingerprint density at radius 3 is 2.56 bits per heavy atom. The zero-order valence-corrected chi connectivity index (χ0v) is 15.6. The Hall–Kier alpha value is -3.09.